The van der Waals surface area contributed by atoms with E-state index in [1.807, 2.05) is 0 Å². The minimum absolute atomic E-state index is 0.391. The Labute approximate surface area is 85.6 Å². The first kappa shape index (κ1) is 9.45. The predicted molar refractivity (Wildman–Crippen MR) is 52.8 cm³/mol. The van der Waals surface area contributed by atoms with E-state index in [1.54, 1.807) is 18.3 Å². The Morgan fingerprint density at radius 1 is 1.20 bits per heavy atom. The molecule has 2 aromatic heterocycles. The van der Waals surface area contributed by atoms with Crippen LogP contribution in [-0.2, 0) is 0 Å². The third kappa shape index (κ3) is 2.04. The molecule has 0 saturated heterocycles. The molecular weight excluding hydrogens is 195 g/mol. The number of hydrogen-bond acceptors (Lipinski definition) is 3. The third-order valence-electron chi connectivity index (χ3n) is 1.92. The summed E-state index contributed by atoms with van der Waals surface area (Å²) in [6.45, 7) is 0. The van der Waals surface area contributed by atoms with Gasteiger partial charge in [-0.3, -0.25) is 14.8 Å². The van der Waals surface area contributed by atoms with Gasteiger partial charge in [-0.25, -0.2) is 4.39 Å². The summed E-state index contributed by atoms with van der Waals surface area (Å²) in [6.07, 6.45) is 4.87. The molecule has 2 aromatic rings. The van der Waals surface area contributed by atoms with Crippen molar-refractivity contribution in [2.45, 2.75) is 0 Å². The van der Waals surface area contributed by atoms with E-state index in [2.05, 4.69) is 9.97 Å². The number of hydrogen-bond donors (Lipinski definition) is 0. The van der Waals surface area contributed by atoms with Crippen LogP contribution in [0, 0.1) is 5.82 Å². The monoisotopic (exact) mass is 202 g/mol. The van der Waals surface area contributed by atoms with Gasteiger partial charge in [0.15, 0.2) is 6.29 Å². The van der Waals surface area contributed by atoms with Crippen molar-refractivity contribution >= 4 is 6.29 Å². The Bertz CT molecular complexity index is 482. The zero-order valence-electron chi connectivity index (χ0n) is 7.72. The molecule has 4 heteroatoms. The summed E-state index contributed by atoms with van der Waals surface area (Å²) in [7, 11) is 0. The lowest BCUT2D eigenvalue weighted by atomic mass is 10.1. The fourth-order valence-electron chi connectivity index (χ4n) is 1.21. The van der Waals surface area contributed by atoms with Crippen LogP contribution in [0.4, 0.5) is 4.39 Å². The van der Waals surface area contributed by atoms with Crippen LogP contribution < -0.4 is 0 Å². The fourth-order valence-corrected chi connectivity index (χ4v) is 1.21. The van der Waals surface area contributed by atoms with Crippen molar-refractivity contribution in [1.82, 2.24) is 9.97 Å². The van der Waals surface area contributed by atoms with Gasteiger partial charge in [0.25, 0.3) is 0 Å². The van der Waals surface area contributed by atoms with Crippen LogP contribution >= 0.6 is 0 Å². The van der Waals surface area contributed by atoms with Crippen molar-refractivity contribution in [2.75, 3.05) is 0 Å². The van der Waals surface area contributed by atoms with Crippen molar-refractivity contribution in [3.05, 3.63) is 48.2 Å². The summed E-state index contributed by atoms with van der Waals surface area (Å²) in [5.74, 6) is -0.391. The molecule has 0 N–H and O–H groups in total. The van der Waals surface area contributed by atoms with Crippen molar-refractivity contribution in [2.24, 2.45) is 0 Å². The van der Waals surface area contributed by atoms with Gasteiger partial charge in [-0.05, 0) is 18.2 Å². The molecule has 0 aliphatic carbocycles. The van der Waals surface area contributed by atoms with E-state index in [4.69, 9.17) is 0 Å². The van der Waals surface area contributed by atoms with Crippen LogP contribution in [0.1, 0.15) is 10.4 Å². The highest BCUT2D eigenvalue weighted by Crippen LogP contribution is 2.16. The summed E-state index contributed by atoms with van der Waals surface area (Å²) in [6, 6.07) is 4.51. The zero-order chi connectivity index (χ0) is 10.7. The summed E-state index contributed by atoms with van der Waals surface area (Å²) in [5, 5.41) is 0. The lowest BCUT2D eigenvalue weighted by Gasteiger charge is -1.99. The molecule has 0 fully saturated rings. The number of halogens is 1. The second-order valence-corrected chi connectivity index (χ2v) is 2.99. The smallest absolute Gasteiger partial charge is 0.151 e. The predicted octanol–water partition coefficient (Wildman–Crippen LogP) is 2.10. The summed E-state index contributed by atoms with van der Waals surface area (Å²) >= 11 is 0. The van der Waals surface area contributed by atoms with E-state index in [0.717, 1.165) is 6.20 Å². The molecule has 15 heavy (non-hydrogen) atoms. The van der Waals surface area contributed by atoms with Gasteiger partial charge in [0.1, 0.15) is 5.82 Å². The Hall–Kier alpha value is -2.10. The molecule has 0 saturated carbocycles. The van der Waals surface area contributed by atoms with Crippen molar-refractivity contribution < 1.29 is 9.18 Å². The van der Waals surface area contributed by atoms with Gasteiger partial charge >= 0.3 is 0 Å². The highest BCUT2D eigenvalue weighted by Gasteiger charge is 2.01. The van der Waals surface area contributed by atoms with Crippen LogP contribution in [0.15, 0.2) is 36.8 Å². The molecule has 0 spiro atoms. The normalized spacial score (nSPS) is 9.93. The van der Waals surface area contributed by atoms with Crippen molar-refractivity contribution in [3.63, 3.8) is 0 Å². The van der Waals surface area contributed by atoms with E-state index >= 15 is 0 Å². The Morgan fingerprint density at radius 3 is 2.73 bits per heavy atom. The number of carbonyl (C=O) groups excluding carboxylic acids is 1. The highest BCUT2D eigenvalue weighted by molar-refractivity contribution is 5.77. The highest BCUT2D eigenvalue weighted by atomic mass is 19.1. The van der Waals surface area contributed by atoms with Crippen LogP contribution in [0.5, 0.6) is 0 Å². The maximum Gasteiger partial charge on any atom is 0.151 e. The molecule has 0 amide bonds. The number of aldehydes is 1. The summed E-state index contributed by atoms with van der Waals surface area (Å²) < 4.78 is 12.6. The van der Waals surface area contributed by atoms with Crippen molar-refractivity contribution in [3.8, 4) is 11.3 Å². The fraction of sp³-hybridized carbons (Fsp3) is 0. The van der Waals surface area contributed by atoms with Crippen LogP contribution in [0.2, 0.25) is 0 Å². The number of pyridine rings is 2. The van der Waals surface area contributed by atoms with Crippen molar-refractivity contribution in [1.29, 1.82) is 0 Å². The van der Waals surface area contributed by atoms with Gasteiger partial charge in [-0.1, -0.05) is 0 Å². The minimum Gasteiger partial charge on any atom is -0.298 e. The maximum absolute atomic E-state index is 12.6. The van der Waals surface area contributed by atoms with E-state index in [1.165, 1.54) is 12.3 Å². The SMILES string of the molecule is O=Cc1cncc(-c2ccc(F)cn2)c1. The standard InChI is InChI=1S/C11H7FN2O/c12-10-1-2-11(14-6-10)9-3-8(7-15)4-13-5-9/h1-7H. The van der Waals surface area contributed by atoms with E-state index in [9.17, 15) is 9.18 Å². The average Bonchev–Trinajstić information content (AvgIpc) is 2.30. The summed E-state index contributed by atoms with van der Waals surface area (Å²) in [4.78, 5) is 18.3. The lowest BCUT2D eigenvalue weighted by molar-refractivity contribution is 0.112. The van der Waals surface area contributed by atoms with Gasteiger partial charge in [0.2, 0.25) is 0 Å². The number of rotatable bonds is 2. The molecule has 0 unspecified atom stereocenters. The Kier molecular flexibility index (Phi) is 2.49. The lowest BCUT2D eigenvalue weighted by Crippen LogP contribution is -1.88. The van der Waals surface area contributed by atoms with Gasteiger partial charge in [0.05, 0.1) is 11.9 Å². The molecule has 2 rings (SSSR count). The molecule has 0 aromatic carbocycles. The molecular formula is C11H7FN2O. The molecule has 0 aliphatic rings. The van der Waals surface area contributed by atoms with Gasteiger partial charge < -0.3 is 0 Å². The first-order chi connectivity index (χ1) is 7.29. The third-order valence-corrected chi connectivity index (χ3v) is 1.92. The number of carbonyl (C=O) groups is 1. The number of nitrogens with zero attached hydrogens (tertiary/aromatic N) is 2. The van der Waals surface area contributed by atoms with Gasteiger partial charge in [-0.15, -0.1) is 0 Å². The molecule has 3 nitrogen and oxygen atoms in total. The largest absolute Gasteiger partial charge is 0.298 e. The van der Waals surface area contributed by atoms with Crippen LogP contribution in [-0.4, -0.2) is 16.3 Å². The molecule has 74 valence electrons. The Morgan fingerprint density at radius 2 is 2.07 bits per heavy atom. The van der Waals surface area contributed by atoms with E-state index in [-0.39, 0.29) is 0 Å². The Balaban J connectivity index is 2.44. The zero-order valence-corrected chi connectivity index (χ0v) is 7.72. The molecule has 2 heterocycles. The molecule has 0 aliphatic heterocycles. The second-order valence-electron chi connectivity index (χ2n) is 2.99. The van der Waals surface area contributed by atoms with Crippen LogP contribution in [0.25, 0.3) is 11.3 Å². The van der Waals surface area contributed by atoms with Gasteiger partial charge in [0, 0.05) is 23.5 Å². The molecule has 0 bridgehead atoms. The average molecular weight is 202 g/mol. The van der Waals surface area contributed by atoms with E-state index in [0.29, 0.717) is 23.1 Å². The topological polar surface area (TPSA) is 42.9 Å². The minimum atomic E-state index is -0.391. The quantitative estimate of drug-likeness (QED) is 0.700. The first-order valence-corrected chi connectivity index (χ1v) is 4.32. The van der Waals surface area contributed by atoms with E-state index < -0.39 is 5.82 Å². The van der Waals surface area contributed by atoms with Gasteiger partial charge in [-0.2, -0.15) is 0 Å². The summed E-state index contributed by atoms with van der Waals surface area (Å²) in [5.41, 5.74) is 1.76. The molecule has 0 atom stereocenters. The molecule has 0 radical (unpaired) electrons. The van der Waals surface area contributed by atoms with Crippen LogP contribution in [0.3, 0.4) is 0 Å². The number of aromatic nitrogens is 2. The maximum atomic E-state index is 12.6. The first-order valence-electron chi connectivity index (χ1n) is 4.32. The second kappa shape index (κ2) is 3.96.